The number of alkyl halides is 3. The van der Waals surface area contributed by atoms with Crippen molar-refractivity contribution in [3.63, 3.8) is 0 Å². The van der Waals surface area contributed by atoms with E-state index < -0.39 is 29.2 Å². The van der Waals surface area contributed by atoms with E-state index in [-0.39, 0.29) is 11.8 Å². The largest absolute Gasteiger partial charge is 0.462 e. The lowest BCUT2D eigenvalue weighted by molar-refractivity contribution is -0.149. The van der Waals surface area contributed by atoms with Gasteiger partial charge in [0.15, 0.2) is 5.69 Å². The summed E-state index contributed by atoms with van der Waals surface area (Å²) >= 11 is 0. The molecule has 9 heteroatoms. The maximum atomic E-state index is 13.7. The number of likely N-dealkylation sites (tertiary alicyclic amines) is 1. The van der Waals surface area contributed by atoms with Gasteiger partial charge in [-0.3, -0.25) is 4.79 Å². The summed E-state index contributed by atoms with van der Waals surface area (Å²) in [5.74, 6) is -0.415. The standard InChI is InChI=1S/C32H35F3N4O2/c1-22(40)41-30-8-4-7-29(30)31(21-36,25-5-3-6-26(17-25)32(33,34)35)24-13-15-38(16-14-24)18-23-19-39(20-23)28-11-9-27(37-2)10-12-28/h3,5-6,9-12,17,23-24,29-30H,4,7-8,13-16,18-20H2,1H3/t29-,30-,31?/m0/s1. The van der Waals surface area contributed by atoms with E-state index in [1.165, 1.54) is 13.0 Å². The van der Waals surface area contributed by atoms with E-state index in [1.807, 2.05) is 24.3 Å². The Morgan fingerprint density at radius 1 is 1.07 bits per heavy atom. The summed E-state index contributed by atoms with van der Waals surface area (Å²) in [4.78, 5) is 20.1. The van der Waals surface area contributed by atoms with Crippen LogP contribution in [0.2, 0.25) is 0 Å². The van der Waals surface area contributed by atoms with Crippen LogP contribution in [0.3, 0.4) is 0 Å². The highest BCUT2D eigenvalue weighted by molar-refractivity contribution is 5.66. The fourth-order valence-electron chi connectivity index (χ4n) is 7.32. The number of anilines is 1. The zero-order valence-corrected chi connectivity index (χ0v) is 23.2. The van der Waals surface area contributed by atoms with Crippen LogP contribution in [0, 0.1) is 35.7 Å². The number of nitrogens with zero attached hydrogens (tertiary/aromatic N) is 4. The number of halogens is 3. The highest BCUT2D eigenvalue weighted by atomic mass is 19.4. The molecule has 5 rings (SSSR count). The lowest BCUT2D eigenvalue weighted by Gasteiger charge is -2.48. The third-order valence-electron chi connectivity index (χ3n) is 9.26. The molecule has 2 aromatic rings. The second-order valence-corrected chi connectivity index (χ2v) is 11.7. The zero-order chi connectivity index (χ0) is 29.2. The van der Waals surface area contributed by atoms with Crippen molar-refractivity contribution in [2.24, 2.45) is 17.8 Å². The molecule has 2 aromatic carbocycles. The molecule has 0 spiro atoms. The van der Waals surface area contributed by atoms with Gasteiger partial charge in [-0.05, 0) is 74.9 Å². The van der Waals surface area contributed by atoms with Crippen molar-refractivity contribution in [2.75, 3.05) is 37.6 Å². The number of carbonyl (C=O) groups is 1. The van der Waals surface area contributed by atoms with Gasteiger partial charge in [-0.25, -0.2) is 4.85 Å². The third-order valence-corrected chi connectivity index (χ3v) is 9.26. The molecule has 3 fully saturated rings. The molecule has 3 atom stereocenters. The Labute approximate surface area is 239 Å². The first-order valence-electron chi connectivity index (χ1n) is 14.3. The first-order chi connectivity index (χ1) is 19.6. The van der Waals surface area contributed by atoms with Crippen LogP contribution >= 0.6 is 0 Å². The summed E-state index contributed by atoms with van der Waals surface area (Å²) in [5, 5.41) is 10.8. The minimum absolute atomic E-state index is 0.146. The van der Waals surface area contributed by atoms with Crippen molar-refractivity contribution in [1.29, 1.82) is 5.26 Å². The van der Waals surface area contributed by atoms with E-state index in [9.17, 15) is 23.2 Å². The molecule has 0 aromatic heterocycles. The van der Waals surface area contributed by atoms with Crippen LogP contribution in [0.1, 0.15) is 50.2 Å². The van der Waals surface area contributed by atoms with Crippen LogP contribution in [0.15, 0.2) is 48.5 Å². The Bertz CT molecular complexity index is 1320. The summed E-state index contributed by atoms with van der Waals surface area (Å²) in [6.45, 7) is 12.8. The monoisotopic (exact) mass is 564 g/mol. The summed E-state index contributed by atoms with van der Waals surface area (Å²) < 4.78 is 46.9. The Balaban J connectivity index is 1.30. The smallest absolute Gasteiger partial charge is 0.416 e. The van der Waals surface area contributed by atoms with Gasteiger partial charge in [0.1, 0.15) is 6.10 Å². The van der Waals surface area contributed by atoms with Crippen molar-refractivity contribution in [3.05, 3.63) is 71.1 Å². The molecule has 216 valence electrons. The van der Waals surface area contributed by atoms with Gasteiger partial charge < -0.3 is 14.5 Å². The highest BCUT2D eigenvalue weighted by Crippen LogP contribution is 2.51. The van der Waals surface area contributed by atoms with Crippen LogP contribution in [-0.4, -0.2) is 49.7 Å². The number of hydrogen-bond donors (Lipinski definition) is 0. The van der Waals surface area contributed by atoms with Gasteiger partial charge in [0.25, 0.3) is 0 Å². The average Bonchev–Trinajstić information content (AvgIpc) is 3.39. The van der Waals surface area contributed by atoms with Crippen LogP contribution in [0.4, 0.5) is 24.5 Å². The number of ether oxygens (including phenoxy) is 1. The predicted molar refractivity (Wildman–Crippen MR) is 149 cm³/mol. The number of nitriles is 1. The van der Waals surface area contributed by atoms with E-state index in [0.29, 0.717) is 42.9 Å². The lowest BCUT2D eigenvalue weighted by atomic mass is 9.59. The van der Waals surface area contributed by atoms with Gasteiger partial charge in [0, 0.05) is 44.1 Å². The van der Waals surface area contributed by atoms with Gasteiger partial charge in [-0.1, -0.05) is 30.3 Å². The molecule has 1 aliphatic carbocycles. The van der Waals surface area contributed by atoms with Gasteiger partial charge in [-0.2, -0.15) is 18.4 Å². The SMILES string of the molecule is [C-]#[N+]c1ccc(N2CC(CN3CCC(C(C#N)(c4cccc(C(F)(F)F)c4)[C@H]4CCC[C@@H]4OC(C)=O)CC3)C2)cc1. The molecular formula is C32H35F3N4O2. The molecule has 0 amide bonds. The number of rotatable bonds is 7. The van der Waals surface area contributed by atoms with Gasteiger partial charge >= 0.3 is 12.1 Å². The Morgan fingerprint density at radius 3 is 2.37 bits per heavy atom. The summed E-state index contributed by atoms with van der Waals surface area (Å²) in [5.41, 5.74) is 0.202. The Hall–Kier alpha value is -3.56. The normalized spacial score (nSPS) is 23.7. The van der Waals surface area contributed by atoms with Gasteiger partial charge in [0.2, 0.25) is 0 Å². The van der Waals surface area contributed by atoms with Crippen LogP contribution in [0.5, 0.6) is 0 Å². The number of carbonyl (C=O) groups excluding carboxylic acids is 1. The van der Waals surface area contributed by atoms with E-state index in [1.54, 1.807) is 6.07 Å². The van der Waals surface area contributed by atoms with Crippen LogP contribution in [-0.2, 0) is 21.1 Å². The summed E-state index contributed by atoms with van der Waals surface area (Å²) in [6.07, 6.45) is -1.59. The second kappa shape index (κ2) is 11.7. The van der Waals surface area contributed by atoms with Gasteiger partial charge in [-0.15, -0.1) is 0 Å². The molecule has 2 saturated heterocycles. The summed E-state index contributed by atoms with van der Waals surface area (Å²) in [7, 11) is 0. The van der Waals surface area contributed by atoms with Crippen LogP contribution < -0.4 is 4.90 Å². The molecule has 0 radical (unpaired) electrons. The molecule has 0 bridgehead atoms. The van der Waals surface area contributed by atoms with Crippen LogP contribution in [0.25, 0.3) is 4.85 Å². The molecule has 3 aliphatic rings. The topological polar surface area (TPSA) is 60.9 Å². The van der Waals surface area contributed by atoms with Crippen molar-refractivity contribution in [1.82, 2.24) is 4.90 Å². The maximum absolute atomic E-state index is 13.7. The predicted octanol–water partition coefficient (Wildman–Crippen LogP) is 6.60. The Kier molecular flexibility index (Phi) is 8.29. The molecular weight excluding hydrogens is 529 g/mol. The molecule has 41 heavy (non-hydrogen) atoms. The van der Waals surface area contributed by atoms with E-state index in [0.717, 1.165) is 57.0 Å². The third kappa shape index (κ3) is 5.92. The second-order valence-electron chi connectivity index (χ2n) is 11.7. The molecule has 2 aliphatic heterocycles. The average molecular weight is 565 g/mol. The fourth-order valence-corrected chi connectivity index (χ4v) is 7.32. The minimum Gasteiger partial charge on any atom is -0.462 e. The molecule has 1 saturated carbocycles. The number of esters is 1. The van der Waals surface area contributed by atoms with Crippen molar-refractivity contribution < 1.29 is 22.7 Å². The minimum atomic E-state index is -4.51. The van der Waals surface area contributed by atoms with E-state index in [2.05, 4.69) is 20.7 Å². The number of benzene rings is 2. The Morgan fingerprint density at radius 2 is 1.76 bits per heavy atom. The van der Waals surface area contributed by atoms with E-state index >= 15 is 0 Å². The molecule has 0 N–H and O–H groups in total. The highest BCUT2D eigenvalue weighted by Gasteiger charge is 2.53. The number of piperidine rings is 1. The summed E-state index contributed by atoms with van der Waals surface area (Å²) in [6, 6.07) is 15.4. The zero-order valence-electron chi connectivity index (χ0n) is 23.2. The van der Waals surface area contributed by atoms with Crippen molar-refractivity contribution >= 4 is 17.3 Å². The van der Waals surface area contributed by atoms with Crippen molar-refractivity contribution in [2.45, 2.75) is 56.7 Å². The molecule has 2 heterocycles. The van der Waals surface area contributed by atoms with Gasteiger partial charge in [0.05, 0.1) is 23.6 Å². The number of hydrogen-bond acceptors (Lipinski definition) is 5. The molecule has 6 nitrogen and oxygen atoms in total. The first-order valence-corrected chi connectivity index (χ1v) is 14.3. The fraction of sp³-hybridized carbons (Fsp3) is 0.531. The quantitative estimate of drug-likeness (QED) is 0.280. The van der Waals surface area contributed by atoms with E-state index in [4.69, 9.17) is 11.3 Å². The maximum Gasteiger partial charge on any atom is 0.416 e. The molecule has 1 unspecified atom stereocenters. The lowest BCUT2D eigenvalue weighted by Crippen LogP contribution is -2.54. The first kappa shape index (κ1) is 29.0. The van der Waals surface area contributed by atoms with Crippen molar-refractivity contribution in [3.8, 4) is 6.07 Å².